The summed E-state index contributed by atoms with van der Waals surface area (Å²) in [5.41, 5.74) is -3.59. The molecule has 10 heteroatoms. The van der Waals surface area contributed by atoms with Crippen molar-refractivity contribution < 1.29 is 22.9 Å². The summed E-state index contributed by atoms with van der Waals surface area (Å²) in [5, 5.41) is 7.22. The van der Waals surface area contributed by atoms with Gasteiger partial charge in [0.25, 0.3) is 5.24 Å². The second-order valence-electron chi connectivity index (χ2n) is 2.98. The third kappa shape index (κ3) is 2.68. The van der Waals surface area contributed by atoms with E-state index in [1.54, 1.807) is 0 Å². The van der Waals surface area contributed by atoms with Gasteiger partial charge in [0.15, 0.2) is 0 Å². The molecular formula is C8HCl3F3NO3. The predicted molar refractivity (Wildman–Crippen MR) is 58.3 cm³/mol. The summed E-state index contributed by atoms with van der Waals surface area (Å²) in [4.78, 5) is 20.3. The summed E-state index contributed by atoms with van der Waals surface area (Å²) in [6.07, 6.45) is -4.98. The molecule has 98 valence electrons. The zero-order chi connectivity index (χ0) is 14.2. The highest BCUT2D eigenvalue weighted by molar-refractivity contribution is 6.69. The molecule has 0 saturated carbocycles. The van der Waals surface area contributed by atoms with Crippen LogP contribution in [0.2, 0.25) is 10.0 Å². The van der Waals surface area contributed by atoms with Crippen LogP contribution >= 0.6 is 34.8 Å². The molecule has 4 nitrogen and oxygen atoms in total. The van der Waals surface area contributed by atoms with Gasteiger partial charge < -0.3 is 0 Å². The molecule has 0 saturated heterocycles. The number of rotatable bonds is 2. The van der Waals surface area contributed by atoms with E-state index in [1.807, 2.05) is 0 Å². The summed E-state index contributed by atoms with van der Waals surface area (Å²) < 4.78 is 37.7. The molecule has 1 aromatic carbocycles. The number of hydrogen-bond donors (Lipinski definition) is 0. The molecule has 18 heavy (non-hydrogen) atoms. The lowest BCUT2D eigenvalue weighted by Gasteiger charge is -2.11. The van der Waals surface area contributed by atoms with E-state index in [2.05, 4.69) is 0 Å². The first kappa shape index (κ1) is 15.0. The van der Waals surface area contributed by atoms with Crippen LogP contribution in [0.4, 0.5) is 18.9 Å². The lowest BCUT2D eigenvalue weighted by atomic mass is 10.1. The molecule has 0 fully saturated rings. The van der Waals surface area contributed by atoms with Crippen LogP contribution in [0.25, 0.3) is 0 Å². The monoisotopic (exact) mass is 321 g/mol. The molecule has 0 spiro atoms. The maximum Gasteiger partial charge on any atom is 0.418 e. The Morgan fingerprint density at radius 1 is 1.28 bits per heavy atom. The van der Waals surface area contributed by atoms with E-state index in [-0.39, 0.29) is 6.07 Å². The van der Waals surface area contributed by atoms with Crippen LogP contribution in [-0.4, -0.2) is 10.2 Å². The summed E-state index contributed by atoms with van der Waals surface area (Å²) in [6, 6.07) is 0.271. The van der Waals surface area contributed by atoms with Gasteiger partial charge in [-0.25, -0.2) is 0 Å². The number of benzene rings is 1. The average Bonchev–Trinajstić information content (AvgIpc) is 2.13. The van der Waals surface area contributed by atoms with E-state index >= 15 is 0 Å². The van der Waals surface area contributed by atoms with Gasteiger partial charge in [-0.2, -0.15) is 13.2 Å². The fourth-order valence-corrected chi connectivity index (χ4v) is 2.01. The molecule has 1 rings (SSSR count). The molecule has 0 aliphatic heterocycles. The van der Waals surface area contributed by atoms with Crippen molar-refractivity contribution >= 4 is 45.7 Å². The molecule has 0 aliphatic rings. The maximum absolute atomic E-state index is 12.6. The minimum absolute atomic E-state index is 0.271. The summed E-state index contributed by atoms with van der Waals surface area (Å²) in [6.45, 7) is 0. The number of halogens is 6. The SMILES string of the molecule is O=C(Cl)c1cc(C(F)(F)F)c(Cl)c([N+](=O)[O-])c1Cl. The fourth-order valence-electron chi connectivity index (χ4n) is 1.13. The Morgan fingerprint density at radius 3 is 2.11 bits per heavy atom. The third-order valence-corrected chi connectivity index (χ3v) is 2.85. The highest BCUT2D eigenvalue weighted by Gasteiger charge is 2.39. The molecule has 1 aromatic rings. The van der Waals surface area contributed by atoms with E-state index in [4.69, 9.17) is 34.8 Å². The quantitative estimate of drug-likeness (QED) is 0.463. The zero-order valence-electron chi connectivity index (χ0n) is 8.02. The van der Waals surface area contributed by atoms with Crippen LogP contribution in [0.1, 0.15) is 15.9 Å². The van der Waals surface area contributed by atoms with Gasteiger partial charge in [0, 0.05) is 0 Å². The van der Waals surface area contributed by atoms with Crippen molar-refractivity contribution in [2.24, 2.45) is 0 Å². The van der Waals surface area contributed by atoms with Gasteiger partial charge in [0.05, 0.1) is 16.1 Å². The van der Waals surface area contributed by atoms with E-state index in [0.717, 1.165) is 0 Å². The highest BCUT2D eigenvalue weighted by Crippen LogP contribution is 2.44. The van der Waals surface area contributed by atoms with Crippen molar-refractivity contribution in [1.82, 2.24) is 0 Å². The first-order chi connectivity index (χ1) is 8.07. The van der Waals surface area contributed by atoms with Crippen molar-refractivity contribution in [1.29, 1.82) is 0 Å². The molecular weight excluding hydrogens is 321 g/mol. The third-order valence-electron chi connectivity index (χ3n) is 1.88. The van der Waals surface area contributed by atoms with E-state index in [0.29, 0.717) is 0 Å². The summed E-state index contributed by atoms with van der Waals surface area (Å²) in [5.74, 6) is 0. The van der Waals surface area contributed by atoms with Crippen LogP contribution in [0.3, 0.4) is 0 Å². The van der Waals surface area contributed by atoms with Gasteiger partial charge >= 0.3 is 11.9 Å². The number of alkyl halides is 3. The Labute approximate surface area is 112 Å². The molecule has 0 aliphatic carbocycles. The van der Waals surface area contributed by atoms with Gasteiger partial charge in [-0.1, -0.05) is 23.2 Å². The average molecular weight is 322 g/mol. The number of nitrogens with zero attached hydrogens (tertiary/aromatic N) is 1. The number of nitro groups is 1. The van der Waals surface area contributed by atoms with Gasteiger partial charge in [-0.3, -0.25) is 14.9 Å². The maximum atomic E-state index is 12.6. The second-order valence-corrected chi connectivity index (χ2v) is 4.08. The van der Waals surface area contributed by atoms with Gasteiger partial charge in [-0.05, 0) is 17.7 Å². The second kappa shape index (κ2) is 4.91. The molecule has 0 N–H and O–H groups in total. The molecule has 0 heterocycles. The largest absolute Gasteiger partial charge is 0.418 e. The van der Waals surface area contributed by atoms with Crippen LogP contribution in [0.5, 0.6) is 0 Å². The minimum Gasteiger partial charge on any atom is -0.276 e. The summed E-state index contributed by atoms with van der Waals surface area (Å²) in [7, 11) is 0. The number of carbonyl (C=O) groups is 1. The van der Waals surface area contributed by atoms with Crippen molar-refractivity contribution in [2.75, 3.05) is 0 Å². The first-order valence-corrected chi connectivity index (χ1v) is 5.14. The lowest BCUT2D eigenvalue weighted by Crippen LogP contribution is -2.10. The standard InChI is InChI=1S/C8HCl3F3NO3/c9-4-2(7(11)16)1-3(8(12,13)14)5(10)6(4)15(17)18/h1H. The Hall–Kier alpha value is -1.05. The van der Waals surface area contributed by atoms with E-state index < -0.39 is 43.2 Å². The minimum atomic E-state index is -4.98. The van der Waals surface area contributed by atoms with Crippen LogP contribution in [-0.2, 0) is 6.18 Å². The normalized spacial score (nSPS) is 11.4. The van der Waals surface area contributed by atoms with E-state index in [1.165, 1.54) is 0 Å². The molecule has 0 radical (unpaired) electrons. The van der Waals surface area contributed by atoms with Crippen LogP contribution in [0, 0.1) is 10.1 Å². The fraction of sp³-hybridized carbons (Fsp3) is 0.125. The number of hydrogen-bond acceptors (Lipinski definition) is 3. The van der Waals surface area contributed by atoms with Crippen LogP contribution < -0.4 is 0 Å². The van der Waals surface area contributed by atoms with E-state index in [9.17, 15) is 28.1 Å². The Bertz CT molecular complexity index is 545. The molecule has 0 bridgehead atoms. The Morgan fingerprint density at radius 2 is 1.78 bits per heavy atom. The predicted octanol–water partition coefficient (Wildman–Crippen LogP) is 4.30. The Balaban J connectivity index is 3.78. The van der Waals surface area contributed by atoms with Gasteiger partial charge in [-0.15, -0.1) is 0 Å². The van der Waals surface area contributed by atoms with Crippen molar-refractivity contribution in [2.45, 2.75) is 6.18 Å². The Kier molecular flexibility index (Phi) is 4.09. The van der Waals surface area contributed by atoms with Crippen molar-refractivity contribution in [3.63, 3.8) is 0 Å². The van der Waals surface area contributed by atoms with Gasteiger partial charge in [0.1, 0.15) is 10.0 Å². The zero-order valence-corrected chi connectivity index (χ0v) is 10.3. The number of nitro benzene ring substituents is 1. The molecule has 0 aromatic heterocycles. The summed E-state index contributed by atoms with van der Waals surface area (Å²) >= 11 is 15.7. The molecule has 0 unspecified atom stereocenters. The molecule has 0 amide bonds. The van der Waals surface area contributed by atoms with Crippen molar-refractivity contribution in [3.05, 3.63) is 37.4 Å². The smallest absolute Gasteiger partial charge is 0.276 e. The molecule has 0 atom stereocenters. The van der Waals surface area contributed by atoms with Crippen LogP contribution in [0.15, 0.2) is 6.07 Å². The highest BCUT2D eigenvalue weighted by atomic mass is 35.5. The first-order valence-electron chi connectivity index (χ1n) is 4.00. The lowest BCUT2D eigenvalue weighted by molar-refractivity contribution is -0.384. The van der Waals surface area contributed by atoms with Gasteiger partial charge in [0.2, 0.25) is 0 Å². The van der Waals surface area contributed by atoms with Crippen molar-refractivity contribution in [3.8, 4) is 0 Å². The topological polar surface area (TPSA) is 60.2 Å². The number of carbonyl (C=O) groups excluding carboxylic acids is 1.